The average molecular weight is 391 g/mol. The first-order chi connectivity index (χ1) is 13.5. The maximum Gasteiger partial charge on any atom is 0.142 e. The number of phenolic OH excluding ortho intramolecular Hbond substituents is 1. The lowest BCUT2D eigenvalue weighted by atomic mass is 9.97. The van der Waals surface area contributed by atoms with Crippen molar-refractivity contribution in [2.75, 3.05) is 0 Å². The van der Waals surface area contributed by atoms with Crippen LogP contribution in [0.1, 0.15) is 23.6 Å². The van der Waals surface area contributed by atoms with Crippen LogP contribution in [-0.2, 0) is 6.42 Å². The zero-order chi connectivity index (χ0) is 20.1. The molecule has 3 aromatic carbocycles. The van der Waals surface area contributed by atoms with Gasteiger partial charge < -0.3 is 5.11 Å². The summed E-state index contributed by atoms with van der Waals surface area (Å²) < 4.78 is 27.9. The van der Waals surface area contributed by atoms with Crippen molar-refractivity contribution in [2.45, 2.75) is 18.2 Å². The molecule has 2 nitrogen and oxygen atoms in total. The topological polar surface area (TPSA) is 44.0 Å². The van der Waals surface area contributed by atoms with Gasteiger partial charge in [-0.1, -0.05) is 37.0 Å². The van der Waals surface area contributed by atoms with Crippen LogP contribution in [0.15, 0.2) is 59.5 Å². The Morgan fingerprint density at radius 1 is 0.929 bits per heavy atom. The van der Waals surface area contributed by atoms with Crippen LogP contribution in [0.25, 0.3) is 11.1 Å². The third kappa shape index (κ3) is 4.34. The number of phenols is 1. The van der Waals surface area contributed by atoms with Gasteiger partial charge in [-0.2, -0.15) is 5.26 Å². The number of thioether (sulfide) groups is 1. The van der Waals surface area contributed by atoms with Gasteiger partial charge in [-0.05, 0) is 71.3 Å². The zero-order valence-corrected chi connectivity index (χ0v) is 15.8. The number of rotatable bonds is 3. The van der Waals surface area contributed by atoms with Gasteiger partial charge >= 0.3 is 0 Å². The molecule has 0 atom stereocenters. The van der Waals surface area contributed by atoms with Crippen molar-refractivity contribution >= 4 is 11.8 Å². The lowest BCUT2D eigenvalue weighted by Gasteiger charge is -2.07. The molecule has 138 valence electrons. The number of benzene rings is 3. The van der Waals surface area contributed by atoms with Crippen molar-refractivity contribution in [1.82, 2.24) is 0 Å². The van der Waals surface area contributed by atoms with Gasteiger partial charge in [0.25, 0.3) is 0 Å². The summed E-state index contributed by atoms with van der Waals surface area (Å²) in [7, 11) is 0. The Morgan fingerprint density at radius 3 is 2.18 bits per heavy atom. The molecule has 0 heterocycles. The molecule has 0 aliphatic heterocycles. The number of nitriles is 1. The number of aromatic hydroxyl groups is 1. The Labute approximate surface area is 166 Å². The molecular formula is C23H15F2NOS. The molecule has 0 unspecified atom stereocenters. The molecule has 0 saturated heterocycles. The van der Waals surface area contributed by atoms with E-state index in [0.29, 0.717) is 11.8 Å². The smallest absolute Gasteiger partial charge is 0.142 e. The highest BCUT2D eigenvalue weighted by molar-refractivity contribution is 8.03. The highest BCUT2D eigenvalue weighted by atomic mass is 32.2. The minimum atomic E-state index is -0.797. The Morgan fingerprint density at radius 2 is 1.57 bits per heavy atom. The summed E-state index contributed by atoms with van der Waals surface area (Å²) in [6, 6.07) is 15.0. The van der Waals surface area contributed by atoms with E-state index in [2.05, 4.69) is 11.8 Å². The molecule has 5 heteroatoms. The van der Waals surface area contributed by atoms with Crippen LogP contribution in [0.4, 0.5) is 8.78 Å². The fourth-order valence-corrected chi connectivity index (χ4v) is 3.16. The van der Waals surface area contributed by atoms with Crippen molar-refractivity contribution in [3.63, 3.8) is 0 Å². The molecule has 0 spiro atoms. The lowest BCUT2D eigenvalue weighted by Crippen LogP contribution is -1.91. The Hall–Kier alpha value is -3.28. The van der Waals surface area contributed by atoms with Crippen molar-refractivity contribution in [3.8, 4) is 34.1 Å². The van der Waals surface area contributed by atoms with E-state index in [1.807, 2.05) is 37.3 Å². The van der Waals surface area contributed by atoms with Crippen LogP contribution in [0, 0.1) is 34.1 Å². The number of hydrogen-bond donors (Lipinski definition) is 1. The molecule has 0 aliphatic rings. The zero-order valence-electron chi connectivity index (χ0n) is 15.0. The Balaban J connectivity index is 1.94. The number of nitrogens with zero attached hydrogens (tertiary/aromatic N) is 1. The summed E-state index contributed by atoms with van der Waals surface area (Å²) in [6.07, 6.45) is 0.746. The molecule has 0 bridgehead atoms. The summed E-state index contributed by atoms with van der Waals surface area (Å²) in [5, 5.41) is 19.7. The number of hydrogen-bond acceptors (Lipinski definition) is 3. The van der Waals surface area contributed by atoms with Crippen molar-refractivity contribution < 1.29 is 13.9 Å². The van der Waals surface area contributed by atoms with Gasteiger partial charge in [0.15, 0.2) is 0 Å². The molecule has 28 heavy (non-hydrogen) atoms. The van der Waals surface area contributed by atoms with Crippen molar-refractivity contribution in [2.24, 2.45) is 0 Å². The molecular weight excluding hydrogens is 376 g/mol. The number of thiocyanates is 1. The van der Waals surface area contributed by atoms with Gasteiger partial charge in [-0.3, -0.25) is 0 Å². The first-order valence-corrected chi connectivity index (χ1v) is 9.32. The van der Waals surface area contributed by atoms with Crippen LogP contribution in [0.2, 0.25) is 0 Å². The second-order valence-electron chi connectivity index (χ2n) is 5.98. The van der Waals surface area contributed by atoms with Crippen molar-refractivity contribution in [1.29, 1.82) is 5.26 Å². The third-order valence-electron chi connectivity index (χ3n) is 4.17. The summed E-state index contributed by atoms with van der Waals surface area (Å²) in [5.41, 5.74) is 3.97. The normalized spacial score (nSPS) is 10.1. The second-order valence-corrected chi connectivity index (χ2v) is 6.78. The quantitative estimate of drug-likeness (QED) is 0.345. The van der Waals surface area contributed by atoms with E-state index in [1.165, 1.54) is 0 Å². The summed E-state index contributed by atoms with van der Waals surface area (Å²) in [6.45, 7) is 2.01. The molecule has 3 aromatic rings. The molecule has 1 N–H and O–H groups in total. The maximum atomic E-state index is 13.9. The van der Waals surface area contributed by atoms with Gasteiger partial charge in [0.1, 0.15) is 22.8 Å². The monoisotopic (exact) mass is 391 g/mol. The fourth-order valence-electron chi connectivity index (χ4n) is 2.76. The van der Waals surface area contributed by atoms with Crippen LogP contribution in [0.5, 0.6) is 5.75 Å². The predicted octanol–water partition coefficient (Wildman–Crippen LogP) is 5.87. The highest BCUT2D eigenvalue weighted by Crippen LogP contribution is 2.26. The molecule has 0 aliphatic carbocycles. The molecule has 0 fully saturated rings. The first kappa shape index (κ1) is 19.5. The van der Waals surface area contributed by atoms with Gasteiger partial charge in [-0.25, -0.2) is 8.78 Å². The van der Waals surface area contributed by atoms with Gasteiger partial charge in [-0.15, -0.1) is 0 Å². The van der Waals surface area contributed by atoms with E-state index < -0.39 is 11.6 Å². The average Bonchev–Trinajstić information content (AvgIpc) is 2.69. The third-order valence-corrected chi connectivity index (χ3v) is 4.86. The van der Waals surface area contributed by atoms with Crippen LogP contribution < -0.4 is 0 Å². The summed E-state index contributed by atoms with van der Waals surface area (Å²) >= 11 is 0.450. The minimum Gasteiger partial charge on any atom is -0.508 e. The minimum absolute atomic E-state index is 0.209. The van der Waals surface area contributed by atoms with Gasteiger partial charge in [0.05, 0.1) is 4.90 Å². The SMILES string of the molecule is CCc1cc(-c2ccc(O)cc2)ccc1C#Cc1cc(F)c(SC#N)c(F)c1. The highest BCUT2D eigenvalue weighted by Gasteiger charge is 2.11. The standard InChI is InChI=1S/C23H15F2NOS/c1-2-16-13-19(18-7-9-20(27)10-8-18)6-5-17(16)4-3-15-11-21(24)23(28-14-26)22(25)12-15/h5-13,27H,2H2,1H3. The van der Waals surface area contributed by atoms with Crippen molar-refractivity contribution in [3.05, 3.63) is 82.9 Å². The molecule has 0 aromatic heterocycles. The van der Waals surface area contributed by atoms with Gasteiger partial charge in [0.2, 0.25) is 0 Å². The van der Waals surface area contributed by atoms with E-state index in [9.17, 15) is 13.9 Å². The summed E-state index contributed by atoms with van der Waals surface area (Å²) in [4.78, 5) is -0.319. The molecule has 0 amide bonds. The fraction of sp³-hybridized carbons (Fsp3) is 0.0870. The number of halogens is 2. The predicted molar refractivity (Wildman–Crippen MR) is 107 cm³/mol. The van der Waals surface area contributed by atoms with Crippen LogP contribution in [-0.4, -0.2) is 5.11 Å². The van der Waals surface area contributed by atoms with E-state index in [1.54, 1.807) is 17.5 Å². The molecule has 0 saturated carbocycles. The first-order valence-electron chi connectivity index (χ1n) is 8.51. The molecule has 0 radical (unpaired) electrons. The van der Waals surface area contributed by atoms with Gasteiger partial charge in [0, 0.05) is 11.1 Å². The Bertz CT molecular complexity index is 1100. The second kappa shape index (κ2) is 8.61. The summed E-state index contributed by atoms with van der Waals surface area (Å²) in [5.74, 6) is 4.39. The largest absolute Gasteiger partial charge is 0.508 e. The van der Waals surface area contributed by atoms with E-state index in [4.69, 9.17) is 5.26 Å². The Kier molecular flexibility index (Phi) is 5.99. The van der Waals surface area contributed by atoms with Crippen LogP contribution in [0.3, 0.4) is 0 Å². The number of aryl methyl sites for hydroxylation is 1. The van der Waals surface area contributed by atoms with E-state index in [-0.39, 0.29) is 16.2 Å². The maximum absolute atomic E-state index is 13.9. The lowest BCUT2D eigenvalue weighted by molar-refractivity contribution is 0.475. The van der Waals surface area contributed by atoms with E-state index >= 15 is 0 Å². The van der Waals surface area contributed by atoms with E-state index in [0.717, 1.165) is 40.8 Å². The molecule has 3 rings (SSSR count). The van der Waals surface area contributed by atoms with Crippen LogP contribution >= 0.6 is 11.8 Å².